The molecule has 1 atom stereocenters. The summed E-state index contributed by atoms with van der Waals surface area (Å²) in [5.41, 5.74) is 0.942. The van der Waals surface area contributed by atoms with Crippen molar-refractivity contribution in [3.63, 3.8) is 0 Å². The zero-order valence-corrected chi connectivity index (χ0v) is 14.4. The van der Waals surface area contributed by atoms with Crippen LogP contribution >= 0.6 is 23.1 Å². The zero-order chi connectivity index (χ0) is 17.0. The van der Waals surface area contributed by atoms with Gasteiger partial charge in [0.15, 0.2) is 5.15 Å². The lowest BCUT2D eigenvalue weighted by Gasteiger charge is -2.27. The molecule has 2 rings (SSSR count). The number of nitrogens with zero attached hydrogens (tertiary/aromatic N) is 3. The molecule has 0 fully saturated rings. The van der Waals surface area contributed by atoms with Crippen molar-refractivity contribution in [2.75, 3.05) is 18.0 Å². The summed E-state index contributed by atoms with van der Waals surface area (Å²) in [6.45, 7) is 5.01. The standard InChI is InChI=1S/C16H17ClFN3OS/c1-10(2)8-21(16-13(7-19)15(17)20-23-16)9-14(22)11-3-5-12(18)6-4-11/h3-6,10,14,22H,8-9H2,1-2H3. The lowest BCUT2D eigenvalue weighted by Crippen LogP contribution is -2.32. The molecule has 0 amide bonds. The Kier molecular flexibility index (Phi) is 5.94. The molecule has 7 heteroatoms. The molecule has 122 valence electrons. The minimum Gasteiger partial charge on any atom is -0.387 e. The summed E-state index contributed by atoms with van der Waals surface area (Å²) in [4.78, 5) is 1.90. The van der Waals surface area contributed by atoms with Gasteiger partial charge in [-0.05, 0) is 35.1 Å². The third-order valence-electron chi connectivity index (χ3n) is 3.27. The number of aliphatic hydroxyl groups is 1. The average molecular weight is 354 g/mol. The summed E-state index contributed by atoms with van der Waals surface area (Å²) in [6.07, 6.45) is -0.804. The molecule has 0 saturated heterocycles. The number of hydrogen-bond donors (Lipinski definition) is 1. The summed E-state index contributed by atoms with van der Waals surface area (Å²) in [6, 6.07) is 7.80. The third kappa shape index (κ3) is 4.41. The highest BCUT2D eigenvalue weighted by Crippen LogP contribution is 2.33. The van der Waals surface area contributed by atoms with Gasteiger partial charge in [0.1, 0.15) is 22.5 Å². The molecule has 1 N–H and O–H groups in total. The van der Waals surface area contributed by atoms with Crippen molar-refractivity contribution in [3.8, 4) is 6.07 Å². The van der Waals surface area contributed by atoms with E-state index in [9.17, 15) is 14.8 Å². The molecule has 0 bridgehead atoms. The second-order valence-electron chi connectivity index (χ2n) is 5.63. The molecular formula is C16H17ClFN3OS. The van der Waals surface area contributed by atoms with E-state index in [-0.39, 0.29) is 17.5 Å². The van der Waals surface area contributed by atoms with Crippen molar-refractivity contribution in [2.24, 2.45) is 5.92 Å². The van der Waals surface area contributed by atoms with Crippen molar-refractivity contribution in [1.29, 1.82) is 5.26 Å². The SMILES string of the molecule is CC(C)CN(CC(O)c1ccc(F)cc1)c1snc(Cl)c1C#N. The van der Waals surface area contributed by atoms with Crippen LogP contribution in [0.25, 0.3) is 0 Å². The van der Waals surface area contributed by atoms with E-state index in [1.165, 1.54) is 12.1 Å². The first-order valence-electron chi connectivity index (χ1n) is 7.16. The van der Waals surface area contributed by atoms with E-state index in [2.05, 4.69) is 10.4 Å². The van der Waals surface area contributed by atoms with Gasteiger partial charge in [-0.3, -0.25) is 0 Å². The molecule has 1 aromatic heterocycles. The minimum absolute atomic E-state index is 0.178. The third-order valence-corrected chi connectivity index (χ3v) is 4.55. The smallest absolute Gasteiger partial charge is 0.162 e. The Morgan fingerprint density at radius 3 is 2.57 bits per heavy atom. The molecular weight excluding hydrogens is 337 g/mol. The highest BCUT2D eigenvalue weighted by molar-refractivity contribution is 7.10. The van der Waals surface area contributed by atoms with Crippen LogP contribution < -0.4 is 4.90 Å². The van der Waals surface area contributed by atoms with Crippen LogP contribution in [0, 0.1) is 23.1 Å². The Bertz CT molecular complexity index is 696. The van der Waals surface area contributed by atoms with Gasteiger partial charge < -0.3 is 10.0 Å². The number of anilines is 1. The largest absolute Gasteiger partial charge is 0.387 e. The van der Waals surface area contributed by atoms with Gasteiger partial charge in [-0.2, -0.15) is 9.64 Å². The number of aliphatic hydroxyl groups excluding tert-OH is 1. The predicted octanol–water partition coefficient (Wildman–Crippen LogP) is 4.00. The highest BCUT2D eigenvalue weighted by atomic mass is 35.5. The van der Waals surface area contributed by atoms with E-state index in [1.807, 2.05) is 18.7 Å². The van der Waals surface area contributed by atoms with Gasteiger partial charge in [-0.25, -0.2) is 4.39 Å². The molecule has 1 unspecified atom stereocenters. The first kappa shape index (κ1) is 17.7. The van der Waals surface area contributed by atoms with Crippen LogP contribution in [0.3, 0.4) is 0 Å². The zero-order valence-electron chi connectivity index (χ0n) is 12.8. The van der Waals surface area contributed by atoms with Gasteiger partial charge in [0, 0.05) is 13.1 Å². The first-order valence-corrected chi connectivity index (χ1v) is 8.31. The Hall–Kier alpha value is -1.68. The predicted molar refractivity (Wildman–Crippen MR) is 90.2 cm³/mol. The van der Waals surface area contributed by atoms with E-state index in [1.54, 1.807) is 12.1 Å². The molecule has 0 saturated carbocycles. The molecule has 4 nitrogen and oxygen atoms in total. The van der Waals surface area contributed by atoms with Crippen molar-refractivity contribution >= 4 is 28.1 Å². The number of rotatable bonds is 6. The molecule has 0 radical (unpaired) electrons. The van der Waals surface area contributed by atoms with E-state index in [0.717, 1.165) is 11.5 Å². The topological polar surface area (TPSA) is 60.1 Å². The fraction of sp³-hybridized carbons (Fsp3) is 0.375. The van der Waals surface area contributed by atoms with E-state index < -0.39 is 6.10 Å². The van der Waals surface area contributed by atoms with E-state index in [4.69, 9.17) is 11.6 Å². The maximum Gasteiger partial charge on any atom is 0.162 e. The quantitative estimate of drug-likeness (QED) is 0.852. The van der Waals surface area contributed by atoms with Gasteiger partial charge in [0.2, 0.25) is 0 Å². The minimum atomic E-state index is -0.804. The van der Waals surface area contributed by atoms with Crippen molar-refractivity contribution in [3.05, 3.63) is 46.4 Å². The normalized spacial score (nSPS) is 12.2. The summed E-state index contributed by atoms with van der Waals surface area (Å²) < 4.78 is 17.0. The van der Waals surface area contributed by atoms with E-state index in [0.29, 0.717) is 28.6 Å². The van der Waals surface area contributed by atoms with Crippen LogP contribution in [-0.4, -0.2) is 22.6 Å². The van der Waals surface area contributed by atoms with Gasteiger partial charge >= 0.3 is 0 Å². The Morgan fingerprint density at radius 1 is 1.35 bits per heavy atom. The lowest BCUT2D eigenvalue weighted by molar-refractivity contribution is 0.182. The summed E-state index contributed by atoms with van der Waals surface area (Å²) >= 11 is 7.08. The van der Waals surface area contributed by atoms with E-state index >= 15 is 0 Å². The van der Waals surface area contributed by atoms with Crippen molar-refractivity contribution in [2.45, 2.75) is 20.0 Å². The number of halogens is 2. The number of hydrogen-bond acceptors (Lipinski definition) is 5. The van der Waals surface area contributed by atoms with Crippen LogP contribution in [0.2, 0.25) is 5.15 Å². The molecule has 0 aliphatic rings. The molecule has 1 aromatic carbocycles. The number of benzene rings is 1. The van der Waals surface area contributed by atoms with Crippen LogP contribution in [0.4, 0.5) is 9.39 Å². The fourth-order valence-corrected chi connectivity index (χ4v) is 3.30. The molecule has 1 heterocycles. The number of aromatic nitrogens is 1. The monoisotopic (exact) mass is 353 g/mol. The summed E-state index contributed by atoms with van der Waals surface area (Å²) in [5.74, 6) is -0.0242. The van der Waals surface area contributed by atoms with Gasteiger partial charge in [-0.1, -0.05) is 37.6 Å². The highest BCUT2D eigenvalue weighted by Gasteiger charge is 2.22. The Labute approximate surface area is 143 Å². The lowest BCUT2D eigenvalue weighted by atomic mass is 10.1. The van der Waals surface area contributed by atoms with Gasteiger partial charge in [0.25, 0.3) is 0 Å². The Morgan fingerprint density at radius 2 is 2.00 bits per heavy atom. The number of nitriles is 1. The summed E-state index contributed by atoms with van der Waals surface area (Å²) in [5, 5.41) is 20.5. The van der Waals surface area contributed by atoms with Crippen molar-refractivity contribution in [1.82, 2.24) is 4.37 Å². The maximum absolute atomic E-state index is 13.0. The van der Waals surface area contributed by atoms with Gasteiger partial charge in [0.05, 0.1) is 6.10 Å². The molecule has 2 aromatic rings. The second-order valence-corrected chi connectivity index (χ2v) is 6.74. The van der Waals surface area contributed by atoms with Crippen LogP contribution in [0.5, 0.6) is 0 Å². The molecule has 0 spiro atoms. The average Bonchev–Trinajstić information content (AvgIpc) is 2.87. The Balaban J connectivity index is 2.25. The molecule has 23 heavy (non-hydrogen) atoms. The first-order chi connectivity index (χ1) is 10.9. The molecule has 0 aliphatic carbocycles. The maximum atomic E-state index is 13.0. The van der Waals surface area contributed by atoms with Gasteiger partial charge in [-0.15, -0.1) is 0 Å². The molecule has 0 aliphatic heterocycles. The van der Waals surface area contributed by atoms with Crippen LogP contribution in [0.1, 0.15) is 31.1 Å². The fourth-order valence-electron chi connectivity index (χ4n) is 2.25. The van der Waals surface area contributed by atoms with Crippen LogP contribution in [0.15, 0.2) is 24.3 Å². The summed E-state index contributed by atoms with van der Waals surface area (Å²) in [7, 11) is 0. The second kappa shape index (κ2) is 7.73. The van der Waals surface area contributed by atoms with Crippen LogP contribution in [-0.2, 0) is 0 Å². The van der Waals surface area contributed by atoms with Crippen molar-refractivity contribution < 1.29 is 9.50 Å².